The van der Waals surface area contributed by atoms with Crippen LogP contribution in [0.4, 0.5) is 10.5 Å². The molecule has 1 aliphatic rings. The zero-order chi connectivity index (χ0) is 15.4. The Morgan fingerprint density at radius 2 is 2.14 bits per heavy atom. The van der Waals surface area contributed by atoms with Gasteiger partial charge in [0.2, 0.25) is 0 Å². The molecule has 5 nitrogen and oxygen atoms in total. The van der Waals surface area contributed by atoms with Gasteiger partial charge in [0.05, 0.1) is 5.92 Å². The minimum absolute atomic E-state index is 0.00806. The molecule has 0 heterocycles. The molecule has 0 aliphatic heterocycles. The van der Waals surface area contributed by atoms with Crippen molar-refractivity contribution in [3.8, 4) is 0 Å². The molecule has 0 spiro atoms. The number of hydrogen-bond acceptors (Lipinski definition) is 2. The molecule has 2 atom stereocenters. The van der Waals surface area contributed by atoms with E-state index >= 15 is 0 Å². The van der Waals surface area contributed by atoms with Crippen LogP contribution in [-0.4, -0.2) is 23.7 Å². The number of carboxylic acid groups (broad SMARTS) is 1. The van der Waals surface area contributed by atoms with E-state index in [4.69, 9.17) is 16.7 Å². The van der Waals surface area contributed by atoms with Gasteiger partial charge in [0.25, 0.3) is 0 Å². The largest absolute Gasteiger partial charge is 0.481 e. The van der Waals surface area contributed by atoms with Gasteiger partial charge in [-0.3, -0.25) is 4.79 Å². The fourth-order valence-electron chi connectivity index (χ4n) is 2.73. The van der Waals surface area contributed by atoms with Gasteiger partial charge in [0.15, 0.2) is 0 Å². The molecule has 2 unspecified atom stereocenters. The molecule has 1 aliphatic carbocycles. The Kier molecular flexibility index (Phi) is 5.07. The number of rotatable bonds is 4. The molecule has 2 rings (SSSR count). The molecule has 0 aromatic heterocycles. The van der Waals surface area contributed by atoms with Gasteiger partial charge in [-0.15, -0.1) is 0 Å². The normalized spacial score (nSPS) is 21.0. The third-order valence-corrected chi connectivity index (χ3v) is 4.18. The van der Waals surface area contributed by atoms with E-state index in [-0.39, 0.29) is 17.9 Å². The van der Waals surface area contributed by atoms with Crippen LogP contribution in [0.3, 0.4) is 0 Å². The zero-order valence-corrected chi connectivity index (χ0v) is 12.6. The number of aryl methyl sites for hydroxylation is 1. The second kappa shape index (κ2) is 6.80. The van der Waals surface area contributed by atoms with E-state index in [1.54, 1.807) is 12.1 Å². The Labute approximate surface area is 128 Å². The van der Waals surface area contributed by atoms with Crippen molar-refractivity contribution in [2.24, 2.45) is 11.8 Å². The summed E-state index contributed by atoms with van der Waals surface area (Å²) in [4.78, 5) is 23.0. The highest BCUT2D eigenvalue weighted by Gasteiger charge is 2.32. The number of carbonyl (C=O) groups excluding carboxylic acids is 1. The fourth-order valence-corrected chi connectivity index (χ4v) is 2.90. The van der Waals surface area contributed by atoms with E-state index in [0.29, 0.717) is 23.7 Å². The maximum absolute atomic E-state index is 11.9. The first-order chi connectivity index (χ1) is 9.97. The third-order valence-electron chi connectivity index (χ3n) is 3.95. The van der Waals surface area contributed by atoms with Crippen LogP contribution in [-0.2, 0) is 4.79 Å². The van der Waals surface area contributed by atoms with Crippen molar-refractivity contribution in [2.75, 3.05) is 11.9 Å². The van der Waals surface area contributed by atoms with E-state index in [0.717, 1.165) is 18.4 Å². The zero-order valence-electron chi connectivity index (χ0n) is 11.9. The molecular formula is C15H19ClN2O3. The van der Waals surface area contributed by atoms with Gasteiger partial charge in [-0.1, -0.05) is 24.1 Å². The highest BCUT2D eigenvalue weighted by Crippen LogP contribution is 2.31. The standard InChI is InChI=1S/C15H19ClN2O3/c1-9-5-6-11(16)7-13(9)18-15(21)17-8-10-3-2-4-12(10)14(19)20/h5-7,10,12H,2-4,8H2,1H3,(H,19,20)(H2,17,18,21). The second-order valence-corrected chi connectivity index (χ2v) is 5.87. The molecule has 2 amide bonds. The Hall–Kier alpha value is -1.75. The molecular weight excluding hydrogens is 292 g/mol. The van der Waals surface area contributed by atoms with Crippen molar-refractivity contribution in [3.05, 3.63) is 28.8 Å². The summed E-state index contributed by atoms with van der Waals surface area (Å²) < 4.78 is 0. The van der Waals surface area contributed by atoms with Gasteiger partial charge >= 0.3 is 12.0 Å². The number of benzene rings is 1. The number of hydrogen-bond donors (Lipinski definition) is 3. The summed E-state index contributed by atoms with van der Waals surface area (Å²) in [5, 5.41) is 15.1. The van der Waals surface area contributed by atoms with Crippen molar-refractivity contribution in [1.29, 1.82) is 0 Å². The molecule has 0 saturated heterocycles. The first-order valence-corrected chi connectivity index (χ1v) is 7.39. The number of nitrogens with one attached hydrogen (secondary N) is 2. The Morgan fingerprint density at radius 1 is 1.38 bits per heavy atom. The quantitative estimate of drug-likeness (QED) is 0.798. The molecule has 6 heteroatoms. The number of carbonyl (C=O) groups is 2. The number of amides is 2. The summed E-state index contributed by atoms with van der Waals surface area (Å²) in [6, 6.07) is 4.94. The van der Waals surface area contributed by atoms with E-state index < -0.39 is 5.97 Å². The summed E-state index contributed by atoms with van der Waals surface area (Å²) >= 11 is 5.90. The molecule has 21 heavy (non-hydrogen) atoms. The van der Waals surface area contributed by atoms with Crippen LogP contribution in [0, 0.1) is 18.8 Å². The highest BCUT2D eigenvalue weighted by atomic mass is 35.5. The molecule has 0 bridgehead atoms. The van der Waals surface area contributed by atoms with Crippen molar-refractivity contribution in [3.63, 3.8) is 0 Å². The number of carboxylic acids is 1. The van der Waals surface area contributed by atoms with Gasteiger partial charge in [0.1, 0.15) is 0 Å². The van der Waals surface area contributed by atoms with Crippen molar-refractivity contribution in [1.82, 2.24) is 5.32 Å². The van der Waals surface area contributed by atoms with Crippen LogP contribution in [0.2, 0.25) is 5.02 Å². The van der Waals surface area contributed by atoms with Gasteiger partial charge < -0.3 is 15.7 Å². The molecule has 114 valence electrons. The SMILES string of the molecule is Cc1ccc(Cl)cc1NC(=O)NCC1CCCC1C(=O)O. The number of urea groups is 1. The van der Waals surface area contributed by atoms with E-state index in [1.165, 1.54) is 0 Å². The van der Waals surface area contributed by atoms with Crippen molar-refractivity contribution >= 4 is 29.3 Å². The minimum Gasteiger partial charge on any atom is -0.481 e. The molecule has 0 radical (unpaired) electrons. The predicted molar refractivity (Wildman–Crippen MR) is 81.7 cm³/mol. The average Bonchev–Trinajstić information content (AvgIpc) is 2.89. The van der Waals surface area contributed by atoms with Crippen LogP contribution >= 0.6 is 11.6 Å². The topological polar surface area (TPSA) is 78.4 Å². The predicted octanol–water partition coefficient (Wildman–Crippen LogP) is 3.27. The lowest BCUT2D eigenvalue weighted by molar-refractivity contribution is -0.142. The fraction of sp³-hybridized carbons (Fsp3) is 0.467. The van der Waals surface area contributed by atoms with Gasteiger partial charge in [-0.05, 0) is 43.4 Å². The first-order valence-electron chi connectivity index (χ1n) is 7.01. The third kappa shape index (κ3) is 4.11. The van der Waals surface area contributed by atoms with Crippen LogP contribution in [0.1, 0.15) is 24.8 Å². The number of anilines is 1. The highest BCUT2D eigenvalue weighted by molar-refractivity contribution is 6.31. The van der Waals surface area contributed by atoms with E-state index in [9.17, 15) is 9.59 Å². The number of halogens is 1. The van der Waals surface area contributed by atoms with Gasteiger partial charge in [-0.25, -0.2) is 4.79 Å². The smallest absolute Gasteiger partial charge is 0.319 e. The lowest BCUT2D eigenvalue weighted by atomic mass is 9.96. The van der Waals surface area contributed by atoms with E-state index in [2.05, 4.69) is 10.6 Å². The molecule has 1 aromatic rings. The second-order valence-electron chi connectivity index (χ2n) is 5.43. The lowest BCUT2D eigenvalue weighted by Gasteiger charge is -2.17. The van der Waals surface area contributed by atoms with E-state index in [1.807, 2.05) is 13.0 Å². The van der Waals surface area contributed by atoms with Gasteiger partial charge in [-0.2, -0.15) is 0 Å². The molecule has 1 aromatic carbocycles. The monoisotopic (exact) mass is 310 g/mol. The lowest BCUT2D eigenvalue weighted by Crippen LogP contribution is -2.35. The Balaban J connectivity index is 1.87. The maximum Gasteiger partial charge on any atom is 0.319 e. The molecule has 1 saturated carbocycles. The first kappa shape index (κ1) is 15.6. The summed E-state index contributed by atoms with van der Waals surface area (Å²) in [7, 11) is 0. The van der Waals surface area contributed by atoms with Crippen LogP contribution in [0.15, 0.2) is 18.2 Å². The van der Waals surface area contributed by atoms with Crippen LogP contribution < -0.4 is 10.6 Å². The van der Waals surface area contributed by atoms with Gasteiger partial charge in [0, 0.05) is 17.3 Å². The Morgan fingerprint density at radius 3 is 2.86 bits per heavy atom. The van der Waals surface area contributed by atoms with Crippen molar-refractivity contribution in [2.45, 2.75) is 26.2 Å². The summed E-state index contributed by atoms with van der Waals surface area (Å²) in [6.45, 7) is 2.26. The van der Waals surface area contributed by atoms with Crippen LogP contribution in [0.5, 0.6) is 0 Å². The minimum atomic E-state index is -0.773. The summed E-state index contributed by atoms with van der Waals surface area (Å²) in [5.74, 6) is -1.11. The Bertz CT molecular complexity index is 548. The van der Waals surface area contributed by atoms with Crippen LogP contribution in [0.25, 0.3) is 0 Å². The maximum atomic E-state index is 11.9. The average molecular weight is 311 g/mol. The summed E-state index contributed by atoms with van der Waals surface area (Å²) in [5.41, 5.74) is 1.57. The molecule has 1 fully saturated rings. The summed E-state index contributed by atoms with van der Waals surface area (Å²) in [6.07, 6.45) is 2.43. The molecule has 3 N–H and O–H groups in total. The number of aliphatic carboxylic acids is 1. The van der Waals surface area contributed by atoms with Crippen molar-refractivity contribution < 1.29 is 14.7 Å².